The zero-order valence-electron chi connectivity index (χ0n) is 10.9. The number of unbranched alkanes of at least 4 members (excludes halogenated alkanes) is 2. The van der Waals surface area contributed by atoms with Crippen LogP contribution in [0.2, 0.25) is 0 Å². The summed E-state index contributed by atoms with van der Waals surface area (Å²) in [4.78, 5) is 0. The van der Waals surface area contributed by atoms with Crippen molar-refractivity contribution in [2.45, 2.75) is 51.2 Å². The topological polar surface area (TPSA) is 91.4 Å². The van der Waals surface area contributed by atoms with Crippen LogP contribution in [0.5, 0.6) is 0 Å². The summed E-state index contributed by atoms with van der Waals surface area (Å²) < 4.78 is 1.49. The molecule has 0 unspecified atom stereocenters. The molecule has 0 aliphatic carbocycles. The van der Waals surface area contributed by atoms with E-state index in [9.17, 15) is 10.2 Å². The summed E-state index contributed by atoms with van der Waals surface area (Å²) in [5.41, 5.74) is 0.664. The SMILES string of the molecule is CCCCC[C@@H](O)[C@H](CO)n1cc(CCO)nn1. The molecule has 0 fully saturated rings. The van der Waals surface area contributed by atoms with Gasteiger partial charge in [-0.15, -0.1) is 5.10 Å². The molecule has 0 bridgehead atoms. The predicted molar refractivity (Wildman–Crippen MR) is 67.1 cm³/mol. The fourth-order valence-electron chi connectivity index (χ4n) is 1.88. The first kappa shape index (κ1) is 15.1. The van der Waals surface area contributed by atoms with Crippen molar-refractivity contribution in [3.05, 3.63) is 11.9 Å². The molecule has 0 spiro atoms. The summed E-state index contributed by atoms with van der Waals surface area (Å²) in [7, 11) is 0. The molecule has 1 rings (SSSR count). The van der Waals surface area contributed by atoms with E-state index in [4.69, 9.17) is 5.11 Å². The van der Waals surface area contributed by atoms with Crippen LogP contribution in [0.15, 0.2) is 6.20 Å². The number of aliphatic hydroxyl groups is 3. The Morgan fingerprint density at radius 1 is 1.33 bits per heavy atom. The summed E-state index contributed by atoms with van der Waals surface area (Å²) >= 11 is 0. The first-order chi connectivity index (χ1) is 8.72. The number of rotatable bonds is 9. The highest BCUT2D eigenvalue weighted by atomic mass is 16.3. The van der Waals surface area contributed by atoms with Crippen molar-refractivity contribution in [1.82, 2.24) is 15.0 Å². The normalized spacial score (nSPS) is 14.7. The maximum atomic E-state index is 10.0. The maximum Gasteiger partial charge on any atom is 0.103 e. The van der Waals surface area contributed by atoms with Gasteiger partial charge in [0.1, 0.15) is 6.04 Å². The van der Waals surface area contributed by atoms with Gasteiger partial charge in [-0.3, -0.25) is 0 Å². The van der Waals surface area contributed by atoms with Crippen molar-refractivity contribution >= 4 is 0 Å². The van der Waals surface area contributed by atoms with Gasteiger partial charge in [0.2, 0.25) is 0 Å². The summed E-state index contributed by atoms with van der Waals surface area (Å²) in [6.45, 7) is 1.95. The molecule has 1 aromatic heterocycles. The van der Waals surface area contributed by atoms with Crippen molar-refractivity contribution in [2.75, 3.05) is 13.2 Å². The molecule has 0 radical (unpaired) electrons. The molecular weight excluding hydrogens is 234 g/mol. The lowest BCUT2D eigenvalue weighted by atomic mass is 10.0. The zero-order valence-corrected chi connectivity index (χ0v) is 10.9. The number of aromatic nitrogens is 3. The van der Waals surface area contributed by atoms with Gasteiger partial charge < -0.3 is 15.3 Å². The highest BCUT2D eigenvalue weighted by Crippen LogP contribution is 2.16. The lowest BCUT2D eigenvalue weighted by Crippen LogP contribution is -2.27. The Labute approximate surface area is 107 Å². The van der Waals surface area contributed by atoms with E-state index in [1.165, 1.54) is 4.68 Å². The van der Waals surface area contributed by atoms with E-state index in [1.54, 1.807) is 6.20 Å². The zero-order chi connectivity index (χ0) is 13.4. The summed E-state index contributed by atoms with van der Waals surface area (Å²) in [5, 5.41) is 36.0. The molecule has 0 saturated carbocycles. The number of hydrogen-bond donors (Lipinski definition) is 3. The molecule has 0 amide bonds. The van der Waals surface area contributed by atoms with Crippen molar-refractivity contribution in [1.29, 1.82) is 0 Å². The van der Waals surface area contributed by atoms with Crippen molar-refractivity contribution in [3.8, 4) is 0 Å². The van der Waals surface area contributed by atoms with E-state index in [0.29, 0.717) is 18.5 Å². The van der Waals surface area contributed by atoms with Crippen LogP contribution in [-0.4, -0.2) is 49.6 Å². The molecule has 1 aromatic rings. The number of aliphatic hydroxyl groups excluding tert-OH is 3. The van der Waals surface area contributed by atoms with Crippen LogP contribution in [0.3, 0.4) is 0 Å². The molecule has 0 aromatic carbocycles. The average molecular weight is 257 g/mol. The monoisotopic (exact) mass is 257 g/mol. The highest BCUT2D eigenvalue weighted by Gasteiger charge is 2.21. The number of nitrogens with zero attached hydrogens (tertiary/aromatic N) is 3. The van der Waals surface area contributed by atoms with Gasteiger partial charge in [-0.05, 0) is 6.42 Å². The lowest BCUT2D eigenvalue weighted by molar-refractivity contribution is 0.0579. The molecule has 104 valence electrons. The van der Waals surface area contributed by atoms with Crippen LogP contribution in [0.4, 0.5) is 0 Å². The van der Waals surface area contributed by atoms with E-state index in [1.807, 2.05) is 0 Å². The van der Waals surface area contributed by atoms with E-state index in [-0.39, 0.29) is 13.2 Å². The standard InChI is InChI=1S/C12H23N3O3/c1-2-3-4-5-12(18)11(9-17)15-8-10(6-7-16)13-14-15/h8,11-12,16-18H,2-7,9H2,1H3/t11-,12+/m0/s1. The molecule has 0 aliphatic rings. The van der Waals surface area contributed by atoms with Gasteiger partial charge >= 0.3 is 0 Å². The minimum absolute atomic E-state index is 0.0154. The third kappa shape index (κ3) is 4.36. The first-order valence-corrected chi connectivity index (χ1v) is 6.53. The Morgan fingerprint density at radius 2 is 2.11 bits per heavy atom. The van der Waals surface area contributed by atoms with Crippen LogP contribution in [0.25, 0.3) is 0 Å². The Balaban J connectivity index is 2.57. The van der Waals surface area contributed by atoms with Gasteiger partial charge in [0, 0.05) is 19.2 Å². The largest absolute Gasteiger partial charge is 0.396 e. The van der Waals surface area contributed by atoms with Crippen molar-refractivity contribution in [3.63, 3.8) is 0 Å². The second kappa shape index (κ2) is 8.18. The second-order valence-electron chi connectivity index (χ2n) is 4.48. The molecule has 18 heavy (non-hydrogen) atoms. The quantitative estimate of drug-likeness (QED) is 0.553. The fraction of sp³-hybridized carbons (Fsp3) is 0.833. The molecule has 6 heteroatoms. The molecule has 2 atom stereocenters. The summed E-state index contributed by atoms with van der Waals surface area (Å²) in [5.74, 6) is 0. The minimum atomic E-state index is -0.620. The van der Waals surface area contributed by atoms with Gasteiger partial charge in [-0.25, -0.2) is 4.68 Å². The maximum absolute atomic E-state index is 10.0. The number of hydrogen-bond acceptors (Lipinski definition) is 5. The Kier molecular flexibility index (Phi) is 6.85. The van der Waals surface area contributed by atoms with Gasteiger partial charge in [-0.2, -0.15) is 0 Å². The van der Waals surface area contributed by atoms with Crippen LogP contribution in [0.1, 0.15) is 44.3 Å². The minimum Gasteiger partial charge on any atom is -0.396 e. The molecular formula is C12H23N3O3. The lowest BCUT2D eigenvalue weighted by Gasteiger charge is -2.20. The van der Waals surface area contributed by atoms with E-state index in [0.717, 1.165) is 19.3 Å². The third-order valence-corrected chi connectivity index (χ3v) is 3.00. The van der Waals surface area contributed by atoms with Crippen molar-refractivity contribution < 1.29 is 15.3 Å². The summed E-state index contributed by atoms with van der Waals surface area (Å²) in [6, 6.07) is -0.457. The molecule has 3 N–H and O–H groups in total. The van der Waals surface area contributed by atoms with Crippen LogP contribution in [-0.2, 0) is 6.42 Å². The Hall–Kier alpha value is -0.980. The fourth-order valence-corrected chi connectivity index (χ4v) is 1.88. The first-order valence-electron chi connectivity index (χ1n) is 6.53. The van der Waals surface area contributed by atoms with E-state index in [2.05, 4.69) is 17.2 Å². The van der Waals surface area contributed by atoms with Gasteiger partial charge in [0.05, 0.1) is 18.4 Å². The van der Waals surface area contributed by atoms with Crippen molar-refractivity contribution in [2.24, 2.45) is 0 Å². The Bertz CT molecular complexity index is 330. The second-order valence-corrected chi connectivity index (χ2v) is 4.48. The predicted octanol–water partition coefficient (Wildman–Crippen LogP) is 0.288. The van der Waals surface area contributed by atoms with Crippen LogP contribution < -0.4 is 0 Å². The smallest absolute Gasteiger partial charge is 0.103 e. The molecule has 6 nitrogen and oxygen atoms in total. The molecule has 0 saturated heterocycles. The van der Waals surface area contributed by atoms with Crippen LogP contribution >= 0.6 is 0 Å². The van der Waals surface area contributed by atoms with E-state index >= 15 is 0 Å². The van der Waals surface area contributed by atoms with Gasteiger partial charge in [0.25, 0.3) is 0 Å². The van der Waals surface area contributed by atoms with Crippen LogP contribution in [0, 0.1) is 0 Å². The molecule has 0 aliphatic heterocycles. The van der Waals surface area contributed by atoms with Gasteiger partial charge in [0.15, 0.2) is 0 Å². The molecule has 1 heterocycles. The Morgan fingerprint density at radius 3 is 2.72 bits per heavy atom. The third-order valence-electron chi connectivity index (χ3n) is 3.00. The average Bonchev–Trinajstić information content (AvgIpc) is 2.79. The highest BCUT2D eigenvalue weighted by molar-refractivity contribution is 4.94. The summed E-state index contributed by atoms with van der Waals surface area (Å²) in [6.07, 6.45) is 5.23. The van der Waals surface area contributed by atoms with Gasteiger partial charge in [-0.1, -0.05) is 31.4 Å². The van der Waals surface area contributed by atoms with E-state index < -0.39 is 12.1 Å².